The van der Waals surface area contributed by atoms with Gasteiger partial charge in [0.1, 0.15) is 5.75 Å². The molecule has 0 heterocycles. The highest BCUT2D eigenvalue weighted by Gasteiger charge is 2.24. The average Bonchev–Trinajstić information content (AvgIpc) is 2.68. The van der Waals surface area contributed by atoms with Crippen LogP contribution in [0, 0.1) is 5.92 Å². The van der Waals surface area contributed by atoms with Crippen LogP contribution in [-0.4, -0.2) is 19.6 Å². The highest BCUT2D eigenvalue weighted by molar-refractivity contribution is 5.72. The molecule has 0 saturated heterocycles. The summed E-state index contributed by atoms with van der Waals surface area (Å²) in [6.45, 7) is 2.32. The molecule has 0 aliphatic heterocycles. The third-order valence-corrected chi connectivity index (χ3v) is 3.09. The summed E-state index contributed by atoms with van der Waals surface area (Å²) in [5, 5.41) is 2.88. The predicted molar refractivity (Wildman–Crippen MR) is 62.6 cm³/mol. The number of benzene rings is 1. The van der Waals surface area contributed by atoms with E-state index < -0.39 is 0 Å². The molecule has 0 aromatic heterocycles. The average molecular weight is 219 g/mol. The smallest absolute Gasteiger partial charge is 0.216 e. The second kappa shape index (κ2) is 4.56. The van der Waals surface area contributed by atoms with Crippen molar-refractivity contribution in [3.63, 3.8) is 0 Å². The Labute approximate surface area is 95.8 Å². The first kappa shape index (κ1) is 11.0. The fraction of sp³-hybridized carbons (Fsp3) is 0.462. The Hall–Kier alpha value is -1.51. The summed E-state index contributed by atoms with van der Waals surface area (Å²) in [6, 6.07) is 6.17. The molecule has 1 aromatic rings. The van der Waals surface area contributed by atoms with Gasteiger partial charge in [0.05, 0.1) is 7.11 Å². The van der Waals surface area contributed by atoms with E-state index in [0.29, 0.717) is 5.92 Å². The van der Waals surface area contributed by atoms with Gasteiger partial charge in [0.15, 0.2) is 0 Å². The van der Waals surface area contributed by atoms with Crippen LogP contribution in [-0.2, 0) is 17.6 Å². The lowest BCUT2D eigenvalue weighted by atomic mass is 10.1. The lowest BCUT2D eigenvalue weighted by molar-refractivity contribution is -0.119. The highest BCUT2D eigenvalue weighted by Crippen LogP contribution is 2.33. The first-order valence-corrected chi connectivity index (χ1v) is 5.60. The van der Waals surface area contributed by atoms with Crippen molar-refractivity contribution in [2.45, 2.75) is 19.8 Å². The molecule has 3 heteroatoms. The van der Waals surface area contributed by atoms with Crippen LogP contribution in [0.1, 0.15) is 18.1 Å². The summed E-state index contributed by atoms with van der Waals surface area (Å²) in [7, 11) is 1.71. The summed E-state index contributed by atoms with van der Waals surface area (Å²) >= 11 is 0. The first-order valence-electron chi connectivity index (χ1n) is 5.60. The van der Waals surface area contributed by atoms with Gasteiger partial charge in [0.2, 0.25) is 5.91 Å². The summed E-state index contributed by atoms with van der Waals surface area (Å²) in [5.74, 6) is 1.53. The Bertz CT molecular complexity index is 401. The summed E-state index contributed by atoms with van der Waals surface area (Å²) in [5.41, 5.74) is 2.66. The number of hydrogen-bond donors (Lipinski definition) is 1. The van der Waals surface area contributed by atoms with Crippen molar-refractivity contribution < 1.29 is 9.53 Å². The monoisotopic (exact) mass is 219 g/mol. The van der Waals surface area contributed by atoms with E-state index in [4.69, 9.17) is 4.74 Å². The molecule has 3 nitrogen and oxygen atoms in total. The van der Waals surface area contributed by atoms with E-state index in [1.165, 1.54) is 11.1 Å². The number of rotatable bonds is 3. The van der Waals surface area contributed by atoms with Crippen LogP contribution in [0.4, 0.5) is 0 Å². The lowest BCUT2D eigenvalue weighted by Crippen LogP contribution is -2.27. The van der Waals surface area contributed by atoms with Crippen LogP contribution in [0.3, 0.4) is 0 Å². The number of fused-ring (bicyclic) bond motifs is 1. The van der Waals surface area contributed by atoms with Crippen LogP contribution in [0.25, 0.3) is 0 Å². The van der Waals surface area contributed by atoms with Crippen molar-refractivity contribution in [1.29, 1.82) is 0 Å². The Balaban J connectivity index is 2.06. The van der Waals surface area contributed by atoms with Gasteiger partial charge >= 0.3 is 0 Å². The number of ether oxygens (including phenoxy) is 1. The molecule has 2 rings (SSSR count). The molecular formula is C13H17NO2. The maximum absolute atomic E-state index is 10.9. The highest BCUT2D eigenvalue weighted by atomic mass is 16.5. The molecule has 0 bridgehead atoms. The van der Waals surface area contributed by atoms with Crippen molar-refractivity contribution >= 4 is 5.91 Å². The van der Waals surface area contributed by atoms with E-state index in [1.54, 1.807) is 14.0 Å². The van der Waals surface area contributed by atoms with Crippen LogP contribution in [0.5, 0.6) is 5.75 Å². The summed E-state index contributed by atoms with van der Waals surface area (Å²) < 4.78 is 5.34. The molecule has 1 aromatic carbocycles. The minimum Gasteiger partial charge on any atom is -0.496 e. The van der Waals surface area contributed by atoms with Crippen molar-refractivity contribution in [1.82, 2.24) is 5.32 Å². The second-order valence-corrected chi connectivity index (χ2v) is 4.31. The number of amides is 1. The van der Waals surface area contributed by atoms with Crippen LogP contribution < -0.4 is 10.1 Å². The van der Waals surface area contributed by atoms with Crippen LogP contribution in [0.15, 0.2) is 18.2 Å². The Morgan fingerprint density at radius 1 is 1.50 bits per heavy atom. The molecule has 0 fully saturated rings. The van der Waals surface area contributed by atoms with E-state index in [1.807, 2.05) is 12.1 Å². The van der Waals surface area contributed by atoms with Crippen molar-refractivity contribution in [2.75, 3.05) is 13.7 Å². The van der Waals surface area contributed by atoms with Gasteiger partial charge in [-0.05, 0) is 36.0 Å². The molecule has 0 radical (unpaired) electrons. The van der Waals surface area contributed by atoms with E-state index >= 15 is 0 Å². The zero-order chi connectivity index (χ0) is 11.5. The van der Waals surface area contributed by atoms with Gasteiger partial charge in [-0.15, -0.1) is 0 Å². The number of carbonyl (C=O) groups is 1. The van der Waals surface area contributed by atoms with E-state index in [2.05, 4.69) is 11.4 Å². The number of carbonyl (C=O) groups excluding carboxylic acids is 1. The largest absolute Gasteiger partial charge is 0.496 e. The second-order valence-electron chi connectivity index (χ2n) is 4.31. The molecule has 1 atom stereocenters. The van der Waals surface area contributed by atoms with Crippen molar-refractivity contribution in [3.8, 4) is 5.75 Å². The number of nitrogens with one attached hydrogen (secondary N) is 1. The minimum atomic E-state index is 0.0444. The van der Waals surface area contributed by atoms with Crippen LogP contribution >= 0.6 is 0 Å². The van der Waals surface area contributed by atoms with Gasteiger partial charge in [0, 0.05) is 13.5 Å². The van der Waals surface area contributed by atoms with Crippen molar-refractivity contribution in [2.24, 2.45) is 5.92 Å². The maximum atomic E-state index is 10.9. The SMILES string of the molecule is COc1cccc2c1C[C@H](CNC(C)=O)C2. The molecule has 1 N–H and O–H groups in total. The van der Waals surface area contributed by atoms with E-state index in [0.717, 1.165) is 25.1 Å². The van der Waals surface area contributed by atoms with Crippen molar-refractivity contribution in [3.05, 3.63) is 29.3 Å². The zero-order valence-electron chi connectivity index (χ0n) is 9.75. The third kappa shape index (κ3) is 2.18. The molecule has 86 valence electrons. The van der Waals surface area contributed by atoms with Crippen LogP contribution in [0.2, 0.25) is 0 Å². The lowest BCUT2D eigenvalue weighted by Gasteiger charge is -2.09. The normalized spacial score (nSPS) is 18.0. The summed E-state index contributed by atoms with van der Waals surface area (Å²) in [4.78, 5) is 10.9. The van der Waals surface area contributed by atoms with Gasteiger partial charge in [-0.25, -0.2) is 0 Å². The minimum absolute atomic E-state index is 0.0444. The quantitative estimate of drug-likeness (QED) is 0.837. The molecule has 0 unspecified atom stereocenters. The molecule has 1 aliphatic carbocycles. The summed E-state index contributed by atoms with van der Waals surface area (Å²) in [6.07, 6.45) is 2.03. The maximum Gasteiger partial charge on any atom is 0.216 e. The fourth-order valence-corrected chi connectivity index (χ4v) is 2.33. The molecule has 16 heavy (non-hydrogen) atoms. The molecule has 1 aliphatic rings. The molecule has 0 saturated carbocycles. The van der Waals surface area contributed by atoms with Gasteiger partial charge in [-0.2, -0.15) is 0 Å². The molecule has 1 amide bonds. The number of hydrogen-bond acceptors (Lipinski definition) is 2. The van der Waals surface area contributed by atoms with Gasteiger partial charge in [-0.3, -0.25) is 4.79 Å². The van der Waals surface area contributed by atoms with Gasteiger partial charge < -0.3 is 10.1 Å². The van der Waals surface area contributed by atoms with Gasteiger partial charge in [0.25, 0.3) is 0 Å². The predicted octanol–water partition coefficient (Wildman–Crippen LogP) is 1.55. The third-order valence-electron chi connectivity index (χ3n) is 3.09. The zero-order valence-corrected chi connectivity index (χ0v) is 9.75. The molecule has 0 spiro atoms. The Morgan fingerprint density at radius 2 is 2.31 bits per heavy atom. The topological polar surface area (TPSA) is 38.3 Å². The molecular weight excluding hydrogens is 202 g/mol. The Morgan fingerprint density at radius 3 is 3.00 bits per heavy atom. The standard InChI is InChI=1S/C13H17NO2/c1-9(15)14-8-10-6-11-4-3-5-13(16-2)12(11)7-10/h3-5,10H,6-8H2,1-2H3,(H,14,15)/t10-/m1/s1. The van der Waals surface area contributed by atoms with E-state index in [-0.39, 0.29) is 5.91 Å². The number of methoxy groups -OCH3 is 1. The van der Waals surface area contributed by atoms with E-state index in [9.17, 15) is 4.79 Å². The fourth-order valence-electron chi connectivity index (χ4n) is 2.33. The Kier molecular flexibility index (Phi) is 3.13. The van der Waals surface area contributed by atoms with Gasteiger partial charge in [-0.1, -0.05) is 12.1 Å². The first-order chi connectivity index (χ1) is 7.70.